The first kappa shape index (κ1) is 13.2. The van der Waals surface area contributed by atoms with Crippen LogP contribution >= 0.6 is 0 Å². The lowest BCUT2D eigenvalue weighted by Crippen LogP contribution is -2.36. The number of hydrogen-bond donors (Lipinski definition) is 1. The molecule has 20 heavy (non-hydrogen) atoms. The summed E-state index contributed by atoms with van der Waals surface area (Å²) in [6, 6.07) is 8.62. The van der Waals surface area contributed by atoms with Crippen LogP contribution in [0.15, 0.2) is 24.3 Å². The van der Waals surface area contributed by atoms with E-state index in [1.165, 1.54) is 16.6 Å². The number of benzene rings is 1. The molecule has 0 spiro atoms. The summed E-state index contributed by atoms with van der Waals surface area (Å²) in [6.45, 7) is 8.55. The van der Waals surface area contributed by atoms with Gasteiger partial charge in [0, 0.05) is 25.0 Å². The van der Waals surface area contributed by atoms with Gasteiger partial charge in [0.2, 0.25) is 0 Å². The molecule has 2 heterocycles. The number of para-hydroxylation sites is 1. The molecule has 0 amide bonds. The van der Waals surface area contributed by atoms with Crippen LogP contribution in [0.3, 0.4) is 0 Å². The molecular formula is C16H21N3O. The molecular weight excluding hydrogens is 250 g/mol. The van der Waals surface area contributed by atoms with E-state index in [0.29, 0.717) is 0 Å². The summed E-state index contributed by atoms with van der Waals surface area (Å²) in [5.41, 5.74) is 3.49. The van der Waals surface area contributed by atoms with Crippen molar-refractivity contribution in [3.8, 4) is 0 Å². The molecule has 1 aliphatic heterocycles. The molecule has 106 valence electrons. The monoisotopic (exact) mass is 271 g/mol. The maximum Gasteiger partial charge on any atom is 0.129 e. The molecule has 3 rings (SSSR count). The van der Waals surface area contributed by atoms with Crippen LogP contribution < -0.4 is 10.2 Å². The number of aryl methyl sites for hydroxylation is 1. The van der Waals surface area contributed by atoms with Gasteiger partial charge in [-0.3, -0.25) is 0 Å². The van der Waals surface area contributed by atoms with Crippen LogP contribution in [-0.4, -0.2) is 37.8 Å². The standard InChI is InChI=1S/C16H21N3O/c1-3-17-16-12(2)11-13-5-4-6-14(15(13)18-16)19-7-9-20-10-8-19/h4-6,11H,3,7-10H2,1-2H3,(H,17,18). The molecule has 1 saturated heterocycles. The SMILES string of the molecule is CCNc1nc2c(N3CCOCC3)cccc2cc1C. The van der Waals surface area contributed by atoms with Gasteiger partial charge >= 0.3 is 0 Å². The molecule has 0 saturated carbocycles. The van der Waals surface area contributed by atoms with Gasteiger partial charge in [-0.2, -0.15) is 0 Å². The molecule has 2 aromatic rings. The van der Waals surface area contributed by atoms with Crippen LogP contribution in [0, 0.1) is 6.92 Å². The fourth-order valence-electron chi connectivity index (χ4n) is 2.69. The highest BCUT2D eigenvalue weighted by Gasteiger charge is 2.15. The first-order valence-corrected chi connectivity index (χ1v) is 7.26. The number of fused-ring (bicyclic) bond motifs is 1. The normalized spacial score (nSPS) is 15.6. The fourth-order valence-corrected chi connectivity index (χ4v) is 2.69. The van der Waals surface area contributed by atoms with Crippen LogP contribution in [0.25, 0.3) is 10.9 Å². The molecule has 4 heteroatoms. The van der Waals surface area contributed by atoms with E-state index >= 15 is 0 Å². The smallest absolute Gasteiger partial charge is 0.129 e. The number of anilines is 2. The molecule has 0 radical (unpaired) electrons. The molecule has 0 aliphatic carbocycles. The Labute approximate surface area is 119 Å². The lowest BCUT2D eigenvalue weighted by Gasteiger charge is -2.29. The molecule has 1 aromatic carbocycles. The van der Waals surface area contributed by atoms with Gasteiger partial charge in [-0.25, -0.2) is 4.98 Å². The molecule has 0 atom stereocenters. The second-order valence-corrected chi connectivity index (χ2v) is 5.13. The average Bonchev–Trinajstić information content (AvgIpc) is 2.48. The van der Waals surface area contributed by atoms with Crippen molar-refractivity contribution in [1.82, 2.24) is 4.98 Å². The van der Waals surface area contributed by atoms with Gasteiger partial charge in [0.1, 0.15) is 5.82 Å². The average molecular weight is 271 g/mol. The first-order valence-electron chi connectivity index (χ1n) is 7.26. The van der Waals surface area contributed by atoms with Crippen molar-refractivity contribution >= 4 is 22.4 Å². The highest BCUT2D eigenvalue weighted by molar-refractivity contribution is 5.92. The van der Waals surface area contributed by atoms with Crippen LogP contribution in [0.1, 0.15) is 12.5 Å². The lowest BCUT2D eigenvalue weighted by molar-refractivity contribution is 0.123. The van der Waals surface area contributed by atoms with Crippen LogP contribution in [0.5, 0.6) is 0 Å². The van der Waals surface area contributed by atoms with Crippen LogP contribution in [0.4, 0.5) is 11.5 Å². The third-order valence-corrected chi connectivity index (χ3v) is 3.71. The molecule has 0 bridgehead atoms. The first-order chi connectivity index (χ1) is 9.79. The summed E-state index contributed by atoms with van der Waals surface area (Å²) in [5, 5.41) is 4.55. The number of hydrogen-bond acceptors (Lipinski definition) is 4. The van der Waals surface area contributed by atoms with Crippen molar-refractivity contribution in [3.63, 3.8) is 0 Å². The topological polar surface area (TPSA) is 37.4 Å². The second kappa shape index (κ2) is 5.67. The minimum Gasteiger partial charge on any atom is -0.378 e. The number of morpholine rings is 1. The summed E-state index contributed by atoms with van der Waals surface area (Å²) < 4.78 is 5.44. The number of rotatable bonds is 3. The van der Waals surface area contributed by atoms with Crippen LogP contribution in [-0.2, 0) is 4.74 Å². The Kier molecular flexibility index (Phi) is 3.74. The Morgan fingerprint density at radius 1 is 1.30 bits per heavy atom. The summed E-state index contributed by atoms with van der Waals surface area (Å²) in [7, 11) is 0. The van der Waals surface area contributed by atoms with Gasteiger partial charge in [-0.15, -0.1) is 0 Å². The van der Waals surface area contributed by atoms with Crippen molar-refractivity contribution in [3.05, 3.63) is 29.8 Å². The molecule has 1 fully saturated rings. The summed E-state index contributed by atoms with van der Waals surface area (Å²) in [4.78, 5) is 7.21. The van der Waals surface area contributed by atoms with Gasteiger partial charge < -0.3 is 15.0 Å². The summed E-state index contributed by atoms with van der Waals surface area (Å²) in [5.74, 6) is 0.987. The van der Waals surface area contributed by atoms with Gasteiger partial charge in [0.05, 0.1) is 24.4 Å². The largest absolute Gasteiger partial charge is 0.378 e. The van der Waals surface area contributed by atoms with Crippen molar-refractivity contribution in [2.24, 2.45) is 0 Å². The second-order valence-electron chi connectivity index (χ2n) is 5.13. The van der Waals surface area contributed by atoms with Crippen molar-refractivity contribution in [1.29, 1.82) is 0 Å². The zero-order chi connectivity index (χ0) is 13.9. The Balaban J connectivity index is 2.09. The quantitative estimate of drug-likeness (QED) is 0.931. The number of nitrogens with one attached hydrogen (secondary N) is 1. The molecule has 0 unspecified atom stereocenters. The Hall–Kier alpha value is -1.81. The highest BCUT2D eigenvalue weighted by Crippen LogP contribution is 2.28. The molecule has 1 N–H and O–H groups in total. The lowest BCUT2D eigenvalue weighted by atomic mass is 10.1. The van der Waals surface area contributed by atoms with Crippen molar-refractivity contribution in [2.75, 3.05) is 43.1 Å². The van der Waals surface area contributed by atoms with Gasteiger partial charge in [0.15, 0.2) is 0 Å². The zero-order valence-corrected chi connectivity index (χ0v) is 12.1. The number of pyridine rings is 1. The maximum atomic E-state index is 5.44. The number of ether oxygens (including phenoxy) is 1. The Morgan fingerprint density at radius 2 is 2.10 bits per heavy atom. The number of aromatic nitrogens is 1. The van der Waals surface area contributed by atoms with E-state index in [0.717, 1.165) is 44.2 Å². The van der Waals surface area contributed by atoms with E-state index < -0.39 is 0 Å². The predicted molar refractivity (Wildman–Crippen MR) is 83.7 cm³/mol. The highest BCUT2D eigenvalue weighted by atomic mass is 16.5. The van der Waals surface area contributed by atoms with E-state index in [9.17, 15) is 0 Å². The minimum absolute atomic E-state index is 0.794. The van der Waals surface area contributed by atoms with Gasteiger partial charge in [0.25, 0.3) is 0 Å². The number of nitrogens with zero attached hydrogens (tertiary/aromatic N) is 2. The predicted octanol–water partition coefficient (Wildman–Crippen LogP) is 2.81. The summed E-state index contributed by atoms with van der Waals surface area (Å²) >= 11 is 0. The fraction of sp³-hybridized carbons (Fsp3) is 0.438. The Bertz CT molecular complexity index is 606. The van der Waals surface area contributed by atoms with Gasteiger partial charge in [-0.1, -0.05) is 12.1 Å². The van der Waals surface area contributed by atoms with E-state index in [4.69, 9.17) is 9.72 Å². The molecule has 4 nitrogen and oxygen atoms in total. The third kappa shape index (κ3) is 2.43. The maximum absolute atomic E-state index is 5.44. The third-order valence-electron chi connectivity index (χ3n) is 3.71. The molecule has 1 aliphatic rings. The Morgan fingerprint density at radius 3 is 2.85 bits per heavy atom. The van der Waals surface area contributed by atoms with Gasteiger partial charge in [-0.05, 0) is 31.5 Å². The minimum atomic E-state index is 0.794. The van der Waals surface area contributed by atoms with E-state index in [-0.39, 0.29) is 0 Å². The van der Waals surface area contributed by atoms with Crippen molar-refractivity contribution in [2.45, 2.75) is 13.8 Å². The van der Waals surface area contributed by atoms with E-state index in [2.05, 4.69) is 48.3 Å². The van der Waals surface area contributed by atoms with E-state index in [1.807, 2.05) is 0 Å². The van der Waals surface area contributed by atoms with Crippen molar-refractivity contribution < 1.29 is 4.74 Å². The molecule has 1 aromatic heterocycles. The summed E-state index contributed by atoms with van der Waals surface area (Å²) in [6.07, 6.45) is 0. The zero-order valence-electron chi connectivity index (χ0n) is 12.1. The van der Waals surface area contributed by atoms with Crippen LogP contribution in [0.2, 0.25) is 0 Å². The van der Waals surface area contributed by atoms with E-state index in [1.54, 1.807) is 0 Å².